The number of benzene rings is 1. The molecule has 0 saturated heterocycles. The summed E-state index contributed by atoms with van der Waals surface area (Å²) in [4.78, 5) is 29.1. The van der Waals surface area contributed by atoms with Crippen molar-refractivity contribution in [3.63, 3.8) is 0 Å². The molecule has 1 atom stereocenters. The van der Waals surface area contributed by atoms with Gasteiger partial charge in [0, 0.05) is 16.2 Å². The van der Waals surface area contributed by atoms with Gasteiger partial charge in [-0.3, -0.25) is 4.79 Å². The van der Waals surface area contributed by atoms with Crippen LogP contribution in [-0.4, -0.2) is 27.6 Å². The maximum absolute atomic E-state index is 12.7. The van der Waals surface area contributed by atoms with Crippen LogP contribution < -0.4 is 10.6 Å². The topological polar surface area (TPSA) is 76.5 Å². The molecule has 0 saturated carbocycles. The van der Waals surface area contributed by atoms with E-state index in [2.05, 4.69) is 4.98 Å². The van der Waals surface area contributed by atoms with Gasteiger partial charge in [-0.05, 0) is 52.3 Å². The molecule has 5 nitrogen and oxygen atoms in total. The van der Waals surface area contributed by atoms with E-state index in [4.69, 9.17) is 4.74 Å². The molecule has 0 radical (unpaired) electrons. The average Bonchev–Trinajstić information content (AvgIpc) is 2.50. The fourth-order valence-corrected chi connectivity index (χ4v) is 2.96. The lowest BCUT2D eigenvalue weighted by Gasteiger charge is -2.27. The third-order valence-corrected chi connectivity index (χ3v) is 4.21. The lowest BCUT2D eigenvalue weighted by Crippen LogP contribution is -2.43. The number of pyridine rings is 1. The molecule has 130 valence electrons. The van der Waals surface area contributed by atoms with Crippen LogP contribution in [0, 0.1) is 5.41 Å². The number of nitrogens with zero attached hydrogens (tertiary/aromatic N) is 1. The number of carboxylic acids is 1. The molecule has 0 bridgehead atoms. The van der Waals surface area contributed by atoms with Gasteiger partial charge in [-0.2, -0.15) is 0 Å². The summed E-state index contributed by atoms with van der Waals surface area (Å²) >= 11 is 0. The zero-order valence-corrected chi connectivity index (χ0v) is 14.8. The van der Waals surface area contributed by atoms with Gasteiger partial charge in [0.25, 0.3) is 0 Å². The molecule has 1 aliphatic carbocycles. The molecule has 1 N–H and O–H groups in total. The Morgan fingerprint density at radius 3 is 2.56 bits per heavy atom. The van der Waals surface area contributed by atoms with Crippen LogP contribution in [0.1, 0.15) is 34.1 Å². The van der Waals surface area contributed by atoms with Gasteiger partial charge in [-0.15, -0.1) is 0 Å². The van der Waals surface area contributed by atoms with E-state index in [0.29, 0.717) is 16.1 Å². The second-order valence-corrected chi connectivity index (χ2v) is 7.64. The highest BCUT2D eigenvalue weighted by molar-refractivity contribution is 6.12. The highest BCUT2D eigenvalue weighted by Gasteiger charge is 2.37. The van der Waals surface area contributed by atoms with Gasteiger partial charge in [0.1, 0.15) is 5.60 Å². The lowest BCUT2D eigenvalue weighted by atomic mass is 9.79. The number of carbonyl (C=O) groups excluding carboxylic acids is 1. The molecule has 25 heavy (non-hydrogen) atoms. The first kappa shape index (κ1) is 17.1. The fraction of sp³-hybridized carbons (Fsp3) is 0.350. The van der Waals surface area contributed by atoms with Gasteiger partial charge in [0.05, 0.1) is 16.3 Å². The number of esters is 1. The summed E-state index contributed by atoms with van der Waals surface area (Å²) in [6.07, 6.45) is 1.70. The average molecular weight is 339 g/mol. The van der Waals surface area contributed by atoms with E-state index in [0.717, 1.165) is 10.9 Å². The number of carbonyl (C=O) groups is 2. The van der Waals surface area contributed by atoms with E-state index >= 15 is 0 Å². The number of rotatable bonds is 2. The minimum Gasteiger partial charge on any atom is -0.481 e. The van der Waals surface area contributed by atoms with Crippen LogP contribution in [0.5, 0.6) is 0 Å². The summed E-state index contributed by atoms with van der Waals surface area (Å²) in [5, 5.41) is 11.7. The number of carboxylic acid groups (broad SMARTS) is 1. The van der Waals surface area contributed by atoms with E-state index < -0.39 is 23.0 Å². The van der Waals surface area contributed by atoms with Crippen molar-refractivity contribution in [1.29, 1.82) is 0 Å². The molecule has 0 aliphatic heterocycles. The first-order chi connectivity index (χ1) is 11.6. The Hall–Kier alpha value is -2.69. The molecule has 1 aromatic heterocycles. The van der Waals surface area contributed by atoms with Gasteiger partial charge < -0.3 is 9.84 Å². The standard InChI is InChI=1S/C20H21NO4/c1-19(2,3)25-17(22)14-10-20(4,18(23)24)11-16-13(14)9-12-7-5-6-8-15(12)21-16/h5-9,11H,10H2,1-4H3,(H,23,24). The van der Waals surface area contributed by atoms with E-state index in [9.17, 15) is 14.7 Å². The lowest BCUT2D eigenvalue weighted by molar-refractivity contribution is -0.148. The van der Waals surface area contributed by atoms with Crippen LogP contribution in [-0.2, 0) is 14.3 Å². The van der Waals surface area contributed by atoms with Gasteiger partial charge in [-0.25, -0.2) is 9.78 Å². The Morgan fingerprint density at radius 2 is 1.92 bits per heavy atom. The molecule has 2 aromatic rings. The molecule has 1 heterocycles. The van der Waals surface area contributed by atoms with E-state index in [-0.39, 0.29) is 6.42 Å². The van der Waals surface area contributed by atoms with Crippen molar-refractivity contribution in [1.82, 2.24) is 4.98 Å². The first-order valence-electron chi connectivity index (χ1n) is 8.18. The minimum atomic E-state index is -1.20. The molecule has 0 fully saturated rings. The maximum atomic E-state index is 12.7. The Balaban J connectivity index is 2.32. The molecule has 0 amide bonds. The van der Waals surface area contributed by atoms with Crippen molar-refractivity contribution in [2.45, 2.75) is 39.7 Å². The SMILES string of the molecule is CC(C)(C)OC(=O)C1=c2cc3ccccc3nc2=CC(C)(C(=O)O)C1. The van der Waals surface area contributed by atoms with E-state index in [1.807, 2.05) is 30.3 Å². The van der Waals surface area contributed by atoms with Crippen molar-refractivity contribution in [2.75, 3.05) is 0 Å². The second-order valence-electron chi connectivity index (χ2n) is 7.64. The predicted molar refractivity (Wildman–Crippen MR) is 95.1 cm³/mol. The number of ether oxygens (including phenoxy) is 1. The minimum absolute atomic E-state index is 0.0737. The number of aliphatic carboxylic acids is 1. The van der Waals surface area contributed by atoms with Crippen molar-refractivity contribution >= 4 is 34.5 Å². The van der Waals surface area contributed by atoms with Crippen molar-refractivity contribution in [3.05, 3.63) is 40.9 Å². The Morgan fingerprint density at radius 1 is 1.24 bits per heavy atom. The summed E-state index contributed by atoms with van der Waals surface area (Å²) in [7, 11) is 0. The maximum Gasteiger partial charge on any atom is 0.335 e. The van der Waals surface area contributed by atoms with Gasteiger partial charge in [0.2, 0.25) is 0 Å². The smallest absolute Gasteiger partial charge is 0.335 e. The molecular formula is C20H21NO4. The van der Waals surface area contributed by atoms with Crippen LogP contribution >= 0.6 is 0 Å². The molecule has 1 aliphatic rings. The zero-order chi connectivity index (χ0) is 18.4. The van der Waals surface area contributed by atoms with Crippen molar-refractivity contribution < 1.29 is 19.4 Å². The largest absolute Gasteiger partial charge is 0.481 e. The quantitative estimate of drug-likeness (QED) is 0.847. The third-order valence-electron chi connectivity index (χ3n) is 4.21. The number of para-hydroxylation sites is 1. The zero-order valence-electron chi connectivity index (χ0n) is 14.8. The van der Waals surface area contributed by atoms with Gasteiger partial charge in [-0.1, -0.05) is 18.2 Å². The fourth-order valence-electron chi connectivity index (χ4n) is 2.96. The Kier molecular flexibility index (Phi) is 3.90. The summed E-state index contributed by atoms with van der Waals surface area (Å²) in [6.45, 7) is 6.96. The first-order valence-corrected chi connectivity index (χ1v) is 8.18. The number of hydrogen-bond acceptors (Lipinski definition) is 4. The van der Waals surface area contributed by atoms with Crippen LogP contribution in [0.15, 0.2) is 30.3 Å². The van der Waals surface area contributed by atoms with Gasteiger partial charge in [0.15, 0.2) is 0 Å². The van der Waals surface area contributed by atoms with Crippen LogP contribution in [0.4, 0.5) is 0 Å². The number of aromatic nitrogens is 1. The van der Waals surface area contributed by atoms with Crippen LogP contribution in [0.25, 0.3) is 22.6 Å². The molecule has 1 unspecified atom stereocenters. The normalized spacial score (nSPS) is 19.9. The summed E-state index contributed by atoms with van der Waals surface area (Å²) < 4.78 is 5.51. The molecule has 1 aromatic carbocycles. The number of fused-ring (bicyclic) bond motifs is 2. The third kappa shape index (κ3) is 3.27. The predicted octanol–water partition coefficient (Wildman–Crippen LogP) is 2.00. The van der Waals surface area contributed by atoms with Crippen LogP contribution in [0.3, 0.4) is 0 Å². The summed E-state index contributed by atoms with van der Waals surface area (Å²) in [5.74, 6) is -1.49. The molecule has 0 spiro atoms. The summed E-state index contributed by atoms with van der Waals surface area (Å²) in [6, 6.07) is 9.44. The summed E-state index contributed by atoms with van der Waals surface area (Å²) in [5.41, 5.74) is -0.740. The highest BCUT2D eigenvalue weighted by Crippen LogP contribution is 2.31. The van der Waals surface area contributed by atoms with E-state index in [1.54, 1.807) is 33.8 Å². The number of hydrogen-bond donors (Lipinski definition) is 1. The Bertz CT molecular complexity index is 1000. The molecule has 3 rings (SSSR count). The monoisotopic (exact) mass is 339 g/mol. The van der Waals surface area contributed by atoms with Gasteiger partial charge >= 0.3 is 11.9 Å². The highest BCUT2D eigenvalue weighted by atomic mass is 16.6. The van der Waals surface area contributed by atoms with E-state index in [1.165, 1.54) is 0 Å². The Labute approximate surface area is 145 Å². The van der Waals surface area contributed by atoms with Crippen molar-refractivity contribution in [3.8, 4) is 0 Å². The van der Waals surface area contributed by atoms with Crippen LogP contribution in [0.2, 0.25) is 0 Å². The molecule has 5 heteroatoms. The second kappa shape index (κ2) is 5.69. The molecular weight excluding hydrogens is 318 g/mol. The van der Waals surface area contributed by atoms with Crippen molar-refractivity contribution in [2.24, 2.45) is 5.41 Å².